The molecule has 3 atom stereocenters. The molecule has 2 amide bonds. The van der Waals surface area contributed by atoms with E-state index < -0.39 is 0 Å². The van der Waals surface area contributed by atoms with Gasteiger partial charge in [0.2, 0.25) is 5.91 Å². The van der Waals surface area contributed by atoms with Crippen molar-refractivity contribution in [2.45, 2.75) is 18.0 Å². The van der Waals surface area contributed by atoms with Gasteiger partial charge in [-0.3, -0.25) is 14.6 Å². The summed E-state index contributed by atoms with van der Waals surface area (Å²) in [5, 5.41) is 12.7. The van der Waals surface area contributed by atoms with Crippen LogP contribution in [0, 0.1) is 0 Å². The molecule has 2 heterocycles. The average molecular weight is 369 g/mol. The van der Waals surface area contributed by atoms with Crippen molar-refractivity contribution in [3.8, 4) is 0 Å². The van der Waals surface area contributed by atoms with E-state index in [4.69, 9.17) is 4.74 Å². The van der Waals surface area contributed by atoms with Gasteiger partial charge in [-0.1, -0.05) is 36.4 Å². The van der Waals surface area contributed by atoms with Crippen LogP contribution >= 0.6 is 0 Å². The lowest BCUT2D eigenvalue weighted by Gasteiger charge is -2.55. The second-order valence-electron chi connectivity index (χ2n) is 6.41. The Kier molecular flexibility index (Phi) is 6.16. The van der Waals surface area contributed by atoms with Crippen LogP contribution in [0.25, 0.3) is 0 Å². The van der Waals surface area contributed by atoms with Crippen molar-refractivity contribution in [2.24, 2.45) is 0 Å². The first-order chi connectivity index (χ1) is 13.2. The Hall–Kier alpha value is -2.77. The number of amides is 2. The molecule has 0 bridgehead atoms. The minimum absolute atomic E-state index is 0.0668. The van der Waals surface area contributed by atoms with Crippen LogP contribution in [0.2, 0.25) is 0 Å². The molecule has 142 valence electrons. The maximum Gasteiger partial charge on any atom is 0.269 e. The summed E-state index contributed by atoms with van der Waals surface area (Å²) in [5.74, 6) is -0.573. The average Bonchev–Trinajstić information content (AvgIpc) is 2.69. The molecule has 7 nitrogen and oxygen atoms in total. The molecule has 1 saturated heterocycles. The van der Waals surface area contributed by atoms with Crippen LogP contribution in [0.4, 0.5) is 0 Å². The first-order valence-electron chi connectivity index (χ1n) is 8.82. The predicted molar refractivity (Wildman–Crippen MR) is 99.1 cm³/mol. The molecular weight excluding hydrogens is 346 g/mol. The Morgan fingerprint density at radius 2 is 1.89 bits per heavy atom. The van der Waals surface area contributed by atoms with E-state index in [1.165, 1.54) is 7.11 Å². The van der Waals surface area contributed by atoms with E-state index in [1.807, 2.05) is 30.3 Å². The summed E-state index contributed by atoms with van der Waals surface area (Å²) in [6.07, 6.45) is 1.56. The number of likely N-dealkylation sites (tertiary alicyclic amines) is 1. The Balaban J connectivity index is 1.78. The van der Waals surface area contributed by atoms with Crippen LogP contribution in [-0.2, 0) is 9.53 Å². The normalized spacial score (nSPS) is 21.4. The molecule has 2 N–H and O–H groups in total. The molecule has 0 spiro atoms. The zero-order valence-electron chi connectivity index (χ0n) is 15.1. The van der Waals surface area contributed by atoms with Crippen molar-refractivity contribution in [3.05, 3.63) is 66.0 Å². The van der Waals surface area contributed by atoms with E-state index in [1.54, 1.807) is 29.3 Å². The smallest absolute Gasteiger partial charge is 0.269 e. The maximum absolute atomic E-state index is 12.5. The number of benzene rings is 1. The molecule has 1 fully saturated rings. The summed E-state index contributed by atoms with van der Waals surface area (Å²) in [7, 11) is 1.46. The predicted octanol–water partition coefficient (Wildman–Crippen LogP) is 0.813. The number of pyridine rings is 1. The van der Waals surface area contributed by atoms with Crippen LogP contribution in [0.1, 0.15) is 22.0 Å². The monoisotopic (exact) mass is 369 g/mol. The zero-order valence-corrected chi connectivity index (χ0v) is 15.1. The summed E-state index contributed by atoms with van der Waals surface area (Å²) in [6.45, 7) is 0.0450. The first kappa shape index (κ1) is 19.0. The number of carbonyl (C=O) groups excluding carboxylic acids is 2. The third-order valence-electron chi connectivity index (χ3n) is 4.84. The van der Waals surface area contributed by atoms with Crippen LogP contribution < -0.4 is 5.32 Å². The van der Waals surface area contributed by atoms with E-state index in [9.17, 15) is 14.7 Å². The topological polar surface area (TPSA) is 91.8 Å². The lowest BCUT2D eigenvalue weighted by atomic mass is 9.75. The van der Waals surface area contributed by atoms with Crippen molar-refractivity contribution in [1.82, 2.24) is 15.2 Å². The third-order valence-corrected chi connectivity index (χ3v) is 4.84. The van der Waals surface area contributed by atoms with E-state index in [0.29, 0.717) is 5.69 Å². The standard InChI is InChI=1S/C20H23N3O4/c1-27-13-18(25)23-16(11-22-20(26)15-9-5-6-10-21-15)19(17(23)12-24)14-7-3-2-4-8-14/h2-10,16-17,19,24H,11-13H2,1H3,(H,22,26)/t16-,17+,19+/m1/s1. The number of ether oxygens (including phenoxy) is 1. The van der Waals surface area contributed by atoms with Gasteiger partial charge < -0.3 is 20.1 Å². The maximum atomic E-state index is 12.5. The molecule has 0 saturated carbocycles. The minimum Gasteiger partial charge on any atom is -0.394 e. The van der Waals surface area contributed by atoms with Crippen LogP contribution in [-0.4, -0.2) is 65.8 Å². The van der Waals surface area contributed by atoms with Gasteiger partial charge in [-0.15, -0.1) is 0 Å². The molecule has 27 heavy (non-hydrogen) atoms. The number of nitrogens with zero attached hydrogens (tertiary/aromatic N) is 2. The number of nitrogens with one attached hydrogen (secondary N) is 1. The van der Waals surface area contributed by atoms with Gasteiger partial charge in [-0.2, -0.15) is 0 Å². The fraction of sp³-hybridized carbons (Fsp3) is 0.350. The second kappa shape index (κ2) is 8.75. The molecule has 2 aromatic rings. The summed E-state index contributed by atoms with van der Waals surface area (Å²) in [4.78, 5) is 30.4. The van der Waals surface area contributed by atoms with Crippen molar-refractivity contribution in [3.63, 3.8) is 0 Å². The summed E-state index contributed by atoms with van der Waals surface area (Å²) < 4.78 is 4.97. The number of aliphatic hydroxyl groups excluding tert-OH is 1. The fourth-order valence-corrected chi connectivity index (χ4v) is 3.65. The first-order valence-corrected chi connectivity index (χ1v) is 8.82. The molecule has 7 heteroatoms. The number of hydrogen-bond donors (Lipinski definition) is 2. The van der Waals surface area contributed by atoms with Gasteiger partial charge >= 0.3 is 0 Å². The zero-order chi connectivity index (χ0) is 19.2. The second-order valence-corrected chi connectivity index (χ2v) is 6.41. The van der Waals surface area contributed by atoms with Gasteiger partial charge in [0, 0.05) is 25.8 Å². The van der Waals surface area contributed by atoms with Crippen LogP contribution in [0.5, 0.6) is 0 Å². The number of rotatable bonds is 7. The highest BCUT2D eigenvalue weighted by atomic mass is 16.5. The molecule has 1 aromatic carbocycles. The van der Waals surface area contributed by atoms with E-state index in [0.717, 1.165) is 5.56 Å². The SMILES string of the molecule is COCC(=O)N1[C@H](CNC(=O)c2ccccn2)[C@H](c2ccccc2)[C@@H]1CO. The molecule has 0 unspecified atom stereocenters. The summed E-state index contributed by atoms with van der Waals surface area (Å²) >= 11 is 0. The number of aromatic nitrogens is 1. The Labute approximate surface area is 158 Å². The van der Waals surface area contributed by atoms with Gasteiger partial charge in [0.15, 0.2) is 0 Å². The number of methoxy groups -OCH3 is 1. The van der Waals surface area contributed by atoms with E-state index >= 15 is 0 Å². The van der Waals surface area contributed by atoms with Crippen LogP contribution in [0.15, 0.2) is 54.7 Å². The number of carbonyl (C=O) groups is 2. The van der Waals surface area contributed by atoms with Crippen molar-refractivity contribution >= 4 is 11.8 Å². The Morgan fingerprint density at radius 1 is 1.15 bits per heavy atom. The Morgan fingerprint density at radius 3 is 2.52 bits per heavy atom. The van der Waals surface area contributed by atoms with Gasteiger partial charge in [0.25, 0.3) is 5.91 Å². The number of hydrogen-bond acceptors (Lipinski definition) is 5. The molecule has 3 rings (SSSR count). The van der Waals surface area contributed by atoms with Gasteiger partial charge in [0.1, 0.15) is 12.3 Å². The van der Waals surface area contributed by atoms with Gasteiger partial charge in [-0.25, -0.2) is 0 Å². The Bertz CT molecular complexity index is 769. The fourth-order valence-electron chi connectivity index (χ4n) is 3.65. The molecular formula is C20H23N3O4. The summed E-state index contributed by atoms with van der Waals surface area (Å²) in [5.41, 5.74) is 1.34. The summed E-state index contributed by atoms with van der Waals surface area (Å²) in [6, 6.07) is 14.2. The highest BCUT2D eigenvalue weighted by molar-refractivity contribution is 5.92. The molecule has 1 aliphatic heterocycles. The van der Waals surface area contributed by atoms with Crippen molar-refractivity contribution in [1.29, 1.82) is 0 Å². The van der Waals surface area contributed by atoms with Gasteiger partial charge in [0.05, 0.1) is 18.7 Å². The molecule has 0 radical (unpaired) electrons. The van der Waals surface area contributed by atoms with E-state index in [-0.39, 0.29) is 49.6 Å². The highest BCUT2D eigenvalue weighted by Crippen LogP contribution is 2.40. The lowest BCUT2D eigenvalue weighted by molar-refractivity contribution is -0.154. The number of aliphatic hydroxyl groups is 1. The molecule has 0 aliphatic carbocycles. The largest absolute Gasteiger partial charge is 0.394 e. The van der Waals surface area contributed by atoms with E-state index in [2.05, 4.69) is 10.3 Å². The lowest BCUT2D eigenvalue weighted by Crippen LogP contribution is -2.69. The van der Waals surface area contributed by atoms with Crippen molar-refractivity contribution < 1.29 is 19.4 Å². The molecule has 1 aliphatic rings. The minimum atomic E-state index is -0.341. The molecule has 1 aromatic heterocycles. The van der Waals surface area contributed by atoms with Crippen molar-refractivity contribution in [2.75, 3.05) is 26.9 Å². The quantitative estimate of drug-likeness (QED) is 0.754. The third kappa shape index (κ3) is 3.99. The highest BCUT2D eigenvalue weighted by Gasteiger charge is 2.50. The van der Waals surface area contributed by atoms with Crippen LogP contribution in [0.3, 0.4) is 0 Å². The van der Waals surface area contributed by atoms with Gasteiger partial charge in [-0.05, 0) is 17.7 Å².